The van der Waals surface area contributed by atoms with Crippen molar-refractivity contribution in [2.45, 2.75) is 0 Å². The minimum Gasteiger partial charge on any atom is -0.238 e. The summed E-state index contributed by atoms with van der Waals surface area (Å²) in [4.78, 5) is 19.0. The molecule has 4 nitrogen and oxygen atoms in total. The maximum atomic E-state index is 8.16. The topological polar surface area (TPSA) is 43.0 Å². The van der Waals surface area contributed by atoms with Crippen LogP contribution < -0.4 is 0 Å². The van der Waals surface area contributed by atoms with Gasteiger partial charge in [-0.25, -0.2) is 19.8 Å². The van der Waals surface area contributed by atoms with E-state index in [1.807, 2.05) is 54.6 Å². The fourth-order valence-electron chi connectivity index (χ4n) is 9.42. The van der Waals surface area contributed by atoms with Crippen molar-refractivity contribution in [1.82, 2.24) is 15.0 Å². The third kappa shape index (κ3) is 6.35. The zero-order valence-electron chi connectivity index (χ0n) is 34.6. The van der Waals surface area contributed by atoms with E-state index in [1.165, 1.54) is 44.2 Å². The van der Waals surface area contributed by atoms with Crippen molar-refractivity contribution < 1.29 is 0 Å². The van der Waals surface area contributed by atoms with E-state index in [1.54, 1.807) is 0 Å². The average molecular weight is 813 g/mol. The van der Waals surface area contributed by atoms with Crippen LogP contribution in [0.4, 0.5) is 5.69 Å². The molecule has 1 aromatic heterocycles. The molecule has 0 atom stereocenters. The molecule has 0 bridgehead atoms. The molecule has 0 radical (unpaired) electrons. The first-order valence-corrected chi connectivity index (χ1v) is 21.5. The number of nitrogens with zero attached hydrogens (tertiary/aromatic N) is 4. The van der Waals surface area contributed by atoms with Gasteiger partial charge in [0.15, 0.2) is 23.2 Å². The van der Waals surface area contributed by atoms with Crippen LogP contribution in [0.3, 0.4) is 0 Å². The second-order valence-corrected chi connectivity index (χ2v) is 16.2. The van der Waals surface area contributed by atoms with Crippen molar-refractivity contribution in [3.8, 4) is 101 Å². The van der Waals surface area contributed by atoms with Gasteiger partial charge >= 0.3 is 0 Å². The van der Waals surface area contributed by atoms with Crippen molar-refractivity contribution in [2.24, 2.45) is 0 Å². The fourth-order valence-corrected chi connectivity index (χ4v) is 9.42. The smallest absolute Gasteiger partial charge is 0.194 e. The van der Waals surface area contributed by atoms with Crippen LogP contribution in [-0.4, -0.2) is 15.0 Å². The lowest BCUT2D eigenvalue weighted by Gasteiger charge is -2.14. The summed E-state index contributed by atoms with van der Waals surface area (Å²) in [6.45, 7) is 8.16. The molecule has 0 saturated carbocycles. The van der Waals surface area contributed by atoms with E-state index in [0.717, 1.165) is 60.8 Å². The lowest BCUT2D eigenvalue weighted by atomic mass is 9.90. The molecule has 1 heterocycles. The summed E-state index contributed by atoms with van der Waals surface area (Å²) in [7, 11) is 0. The summed E-state index contributed by atoms with van der Waals surface area (Å²) in [5.41, 5.74) is 17.1. The van der Waals surface area contributed by atoms with Gasteiger partial charge in [-0.05, 0) is 100 Å². The van der Waals surface area contributed by atoms with Crippen LogP contribution in [0.5, 0.6) is 0 Å². The van der Waals surface area contributed by atoms with Crippen molar-refractivity contribution in [3.05, 3.63) is 230 Å². The first-order chi connectivity index (χ1) is 31.7. The molecule has 0 unspecified atom stereocenters. The quantitative estimate of drug-likeness (QED) is 0.151. The molecule has 64 heavy (non-hydrogen) atoms. The van der Waals surface area contributed by atoms with E-state index < -0.39 is 0 Å². The zero-order valence-corrected chi connectivity index (χ0v) is 34.6. The normalized spacial score (nSPS) is 11.4. The molecule has 1 aliphatic rings. The maximum absolute atomic E-state index is 8.16. The molecule has 11 aromatic rings. The molecular weight excluding hydrogens is 777 g/mol. The highest BCUT2D eigenvalue weighted by atomic mass is 15.0. The van der Waals surface area contributed by atoms with Crippen LogP contribution in [0.1, 0.15) is 0 Å². The first kappa shape index (κ1) is 37.0. The van der Waals surface area contributed by atoms with Gasteiger partial charge in [-0.3, -0.25) is 0 Å². The Labute approximate surface area is 371 Å². The number of hydrogen-bond acceptors (Lipinski definition) is 3. The van der Waals surface area contributed by atoms with Crippen LogP contribution in [0.15, 0.2) is 218 Å². The number of benzene rings is 10. The Kier molecular flexibility index (Phi) is 8.84. The van der Waals surface area contributed by atoms with Crippen LogP contribution in [0, 0.1) is 6.57 Å². The predicted octanol–water partition coefficient (Wildman–Crippen LogP) is 16.0. The number of rotatable bonds is 7. The zero-order chi connectivity index (χ0) is 42.6. The van der Waals surface area contributed by atoms with Gasteiger partial charge < -0.3 is 0 Å². The maximum Gasteiger partial charge on any atom is 0.194 e. The van der Waals surface area contributed by atoms with Crippen molar-refractivity contribution in [2.75, 3.05) is 0 Å². The highest BCUT2D eigenvalue weighted by molar-refractivity contribution is 6.15. The third-order valence-electron chi connectivity index (χ3n) is 12.5. The first-order valence-electron chi connectivity index (χ1n) is 21.5. The molecule has 0 amide bonds. The van der Waals surface area contributed by atoms with Crippen LogP contribution >= 0.6 is 0 Å². The van der Waals surface area contributed by atoms with Gasteiger partial charge in [-0.15, -0.1) is 0 Å². The molecule has 0 N–H and O–H groups in total. The van der Waals surface area contributed by atoms with Crippen LogP contribution in [0.25, 0.3) is 127 Å². The summed E-state index contributed by atoms with van der Waals surface area (Å²) < 4.78 is 0. The molecular formula is C60H36N4. The van der Waals surface area contributed by atoms with Crippen molar-refractivity contribution >= 4 is 27.2 Å². The minimum atomic E-state index is 0.604. The molecule has 0 spiro atoms. The molecule has 0 fully saturated rings. The van der Waals surface area contributed by atoms with Gasteiger partial charge in [-0.2, -0.15) is 0 Å². The summed E-state index contributed by atoms with van der Waals surface area (Å²) in [5, 5.41) is 4.83. The van der Waals surface area contributed by atoms with Gasteiger partial charge in [0.1, 0.15) is 0 Å². The standard InChI is InChI=1S/C60H36N4/c1-61-56-34-32-43(38-27-29-42(30-28-38)59-62-58(41-14-3-2-4-15-41)63-60(64-59)53-26-10-16-39-13-5-6-21-47(39)53)36-54(56)45-20-9-19-44(35-45)48-22-7-8-23-49(48)46-31-33-50-51-24-11-17-40-18-12-25-52(57(40)51)55(50)37-46/h2-37H. The second kappa shape index (κ2) is 15.3. The number of hydrogen-bond donors (Lipinski definition) is 0. The highest BCUT2D eigenvalue weighted by Crippen LogP contribution is 2.49. The van der Waals surface area contributed by atoms with Gasteiger partial charge in [0, 0.05) is 16.7 Å². The molecule has 0 aliphatic heterocycles. The Bertz CT molecular complexity index is 3670. The van der Waals surface area contributed by atoms with E-state index in [2.05, 4.69) is 169 Å². The van der Waals surface area contributed by atoms with E-state index in [0.29, 0.717) is 23.2 Å². The molecule has 1 aliphatic carbocycles. The second-order valence-electron chi connectivity index (χ2n) is 16.2. The van der Waals surface area contributed by atoms with E-state index in [9.17, 15) is 0 Å². The molecule has 0 saturated heterocycles. The van der Waals surface area contributed by atoms with Gasteiger partial charge in [0.2, 0.25) is 0 Å². The Morgan fingerprint density at radius 1 is 0.281 bits per heavy atom. The summed E-state index contributed by atoms with van der Waals surface area (Å²) in [5.74, 6) is 1.86. The molecule has 12 rings (SSSR count). The Morgan fingerprint density at radius 2 is 0.766 bits per heavy atom. The largest absolute Gasteiger partial charge is 0.238 e. The summed E-state index contributed by atoms with van der Waals surface area (Å²) >= 11 is 0. The molecule has 296 valence electrons. The van der Waals surface area contributed by atoms with Crippen LogP contribution in [0.2, 0.25) is 0 Å². The van der Waals surface area contributed by atoms with E-state index >= 15 is 0 Å². The Morgan fingerprint density at radius 3 is 1.52 bits per heavy atom. The predicted molar refractivity (Wildman–Crippen MR) is 264 cm³/mol. The molecule has 10 aromatic carbocycles. The minimum absolute atomic E-state index is 0.604. The Hall–Kier alpha value is -8.78. The van der Waals surface area contributed by atoms with Crippen molar-refractivity contribution in [3.63, 3.8) is 0 Å². The fraction of sp³-hybridized carbons (Fsp3) is 0. The summed E-state index contributed by atoms with van der Waals surface area (Å²) in [6.07, 6.45) is 0. The molecule has 4 heteroatoms. The lowest BCUT2D eigenvalue weighted by Crippen LogP contribution is -2.00. The van der Waals surface area contributed by atoms with Crippen LogP contribution in [-0.2, 0) is 0 Å². The van der Waals surface area contributed by atoms with Gasteiger partial charge in [-0.1, -0.05) is 206 Å². The monoisotopic (exact) mass is 812 g/mol. The SMILES string of the molecule is [C-]#[N+]c1ccc(-c2ccc(-c3nc(-c4ccccc4)nc(-c4cccc5ccccc45)n3)cc2)cc1-c1cccc(-c2ccccc2-c2ccc3c(c2)-c2cccc4cccc-3c24)c1. The highest BCUT2D eigenvalue weighted by Gasteiger charge is 2.22. The Balaban J connectivity index is 0.891. The lowest BCUT2D eigenvalue weighted by molar-refractivity contribution is 1.08. The van der Waals surface area contributed by atoms with Gasteiger partial charge in [0.25, 0.3) is 0 Å². The third-order valence-corrected chi connectivity index (χ3v) is 12.5. The van der Waals surface area contributed by atoms with E-state index in [-0.39, 0.29) is 0 Å². The number of aromatic nitrogens is 3. The van der Waals surface area contributed by atoms with E-state index in [4.69, 9.17) is 21.5 Å². The van der Waals surface area contributed by atoms with Gasteiger partial charge in [0.05, 0.1) is 6.57 Å². The average Bonchev–Trinajstić information content (AvgIpc) is 3.70. The van der Waals surface area contributed by atoms with Crippen molar-refractivity contribution in [1.29, 1.82) is 0 Å². The number of fused-ring (bicyclic) bond motifs is 4. The summed E-state index contributed by atoms with van der Waals surface area (Å²) in [6, 6.07) is 76.4.